The number of nitrogens with one attached hydrogen (secondary N) is 1. The molecule has 2 fully saturated rings. The maximum Gasteiger partial charge on any atom is 0.233 e. The van der Waals surface area contributed by atoms with Crippen molar-refractivity contribution in [2.75, 3.05) is 24.5 Å². The van der Waals surface area contributed by atoms with Crippen molar-refractivity contribution in [3.8, 4) is 0 Å². The number of carbonyl (C=O) groups is 1. The Morgan fingerprint density at radius 1 is 1.20 bits per heavy atom. The molecule has 0 saturated carbocycles. The predicted octanol–water partition coefficient (Wildman–Crippen LogP) is 3.26. The number of rotatable bonds is 1. The highest BCUT2D eigenvalue weighted by molar-refractivity contribution is 6.30. The Labute approximate surface area is 131 Å². The quantitative estimate of drug-likeness (QED) is 0.863. The summed E-state index contributed by atoms with van der Waals surface area (Å²) in [7, 11) is 0. The Morgan fingerprint density at radius 2 is 1.95 bits per heavy atom. The van der Waals surface area contributed by atoms with Gasteiger partial charge >= 0.3 is 0 Å². The molecule has 0 unspecified atom stereocenters. The van der Waals surface area contributed by atoms with Crippen LogP contribution in [0.2, 0.25) is 5.02 Å². The zero-order valence-electron chi connectivity index (χ0n) is 11.4. The summed E-state index contributed by atoms with van der Waals surface area (Å²) in [5.41, 5.74) is 0.807. The van der Waals surface area contributed by atoms with E-state index in [0.717, 1.165) is 51.0 Å². The summed E-state index contributed by atoms with van der Waals surface area (Å²) < 4.78 is 0. The van der Waals surface area contributed by atoms with E-state index in [1.54, 1.807) is 0 Å². The highest BCUT2D eigenvalue weighted by atomic mass is 35.5. The summed E-state index contributed by atoms with van der Waals surface area (Å²) in [6, 6.07) is 7.62. The van der Waals surface area contributed by atoms with Crippen LogP contribution >= 0.6 is 24.0 Å². The molecule has 3 rings (SSSR count). The molecule has 2 aliphatic rings. The molecule has 1 N–H and O–H groups in total. The Hall–Kier alpha value is -0.770. The van der Waals surface area contributed by atoms with E-state index in [1.807, 2.05) is 29.2 Å². The number of carbonyl (C=O) groups excluding carboxylic acids is 1. The van der Waals surface area contributed by atoms with Gasteiger partial charge in [0.1, 0.15) is 0 Å². The van der Waals surface area contributed by atoms with Gasteiger partial charge < -0.3 is 10.2 Å². The van der Waals surface area contributed by atoms with E-state index in [1.165, 1.54) is 0 Å². The van der Waals surface area contributed by atoms with Gasteiger partial charge in [0.05, 0.1) is 5.41 Å². The van der Waals surface area contributed by atoms with Crippen molar-refractivity contribution >= 4 is 35.6 Å². The number of anilines is 1. The van der Waals surface area contributed by atoms with Gasteiger partial charge in [0.15, 0.2) is 0 Å². The van der Waals surface area contributed by atoms with Gasteiger partial charge in [-0.1, -0.05) is 17.7 Å². The first-order valence-electron chi connectivity index (χ1n) is 7.00. The van der Waals surface area contributed by atoms with E-state index in [9.17, 15) is 4.79 Å². The van der Waals surface area contributed by atoms with Crippen LogP contribution in [0.15, 0.2) is 24.3 Å². The van der Waals surface area contributed by atoms with E-state index in [-0.39, 0.29) is 17.8 Å². The second kappa shape index (κ2) is 6.33. The smallest absolute Gasteiger partial charge is 0.233 e. The monoisotopic (exact) mass is 314 g/mol. The lowest BCUT2D eigenvalue weighted by molar-refractivity contribution is -0.132. The molecule has 1 aromatic carbocycles. The second-order valence-corrected chi connectivity index (χ2v) is 6.01. The second-order valence-electron chi connectivity index (χ2n) is 5.57. The van der Waals surface area contributed by atoms with E-state index in [0.29, 0.717) is 10.9 Å². The van der Waals surface area contributed by atoms with Crippen LogP contribution in [0.1, 0.15) is 25.7 Å². The van der Waals surface area contributed by atoms with Crippen molar-refractivity contribution in [2.24, 2.45) is 5.41 Å². The molecule has 3 nitrogen and oxygen atoms in total. The molecule has 110 valence electrons. The van der Waals surface area contributed by atoms with E-state index in [4.69, 9.17) is 11.6 Å². The summed E-state index contributed by atoms with van der Waals surface area (Å²) in [5.74, 6) is 0.294. The zero-order valence-corrected chi connectivity index (χ0v) is 13.0. The third-order valence-corrected chi connectivity index (χ3v) is 4.65. The molecular weight excluding hydrogens is 295 g/mol. The topological polar surface area (TPSA) is 32.3 Å². The molecule has 1 amide bonds. The van der Waals surface area contributed by atoms with Crippen molar-refractivity contribution in [2.45, 2.75) is 25.7 Å². The van der Waals surface area contributed by atoms with Crippen molar-refractivity contribution in [3.05, 3.63) is 29.3 Å². The van der Waals surface area contributed by atoms with Gasteiger partial charge in [-0.05, 0) is 57.0 Å². The lowest BCUT2D eigenvalue weighted by atomic mass is 9.72. The van der Waals surface area contributed by atoms with E-state index in [2.05, 4.69) is 5.32 Å². The largest absolute Gasteiger partial charge is 0.317 e. The molecular formula is C15H20Cl2N2O. The van der Waals surface area contributed by atoms with Gasteiger partial charge in [-0.15, -0.1) is 12.4 Å². The molecule has 0 aliphatic carbocycles. The number of amides is 1. The summed E-state index contributed by atoms with van der Waals surface area (Å²) in [6.45, 7) is 2.72. The Morgan fingerprint density at radius 3 is 2.65 bits per heavy atom. The van der Waals surface area contributed by atoms with Crippen LogP contribution in [0.4, 0.5) is 5.69 Å². The minimum Gasteiger partial charge on any atom is -0.317 e. The van der Waals surface area contributed by atoms with Gasteiger partial charge in [-0.2, -0.15) is 0 Å². The van der Waals surface area contributed by atoms with Crippen LogP contribution in [0.5, 0.6) is 0 Å². The maximum absolute atomic E-state index is 12.9. The average Bonchev–Trinajstić information content (AvgIpc) is 2.43. The normalized spacial score (nSPS) is 21.6. The highest BCUT2D eigenvalue weighted by Gasteiger charge is 2.44. The number of nitrogens with zero attached hydrogens (tertiary/aromatic N) is 1. The number of hydrogen-bond donors (Lipinski definition) is 1. The highest BCUT2D eigenvalue weighted by Crippen LogP contribution is 2.40. The van der Waals surface area contributed by atoms with Crippen LogP contribution in [-0.2, 0) is 4.79 Å². The molecule has 2 aliphatic heterocycles. The van der Waals surface area contributed by atoms with Crippen LogP contribution in [0.3, 0.4) is 0 Å². The average molecular weight is 315 g/mol. The molecule has 2 saturated heterocycles. The summed E-state index contributed by atoms with van der Waals surface area (Å²) >= 11 is 6.04. The number of benzene rings is 1. The minimum atomic E-state index is -0.133. The first-order chi connectivity index (χ1) is 9.21. The summed E-state index contributed by atoms with van der Waals surface area (Å²) in [4.78, 5) is 14.8. The van der Waals surface area contributed by atoms with Gasteiger partial charge in [0, 0.05) is 17.3 Å². The molecule has 1 spiro atoms. The molecule has 2 heterocycles. The van der Waals surface area contributed by atoms with Gasteiger partial charge in [0.2, 0.25) is 5.91 Å². The van der Waals surface area contributed by atoms with Crippen LogP contribution < -0.4 is 10.2 Å². The van der Waals surface area contributed by atoms with Gasteiger partial charge in [-0.25, -0.2) is 0 Å². The molecule has 0 atom stereocenters. The molecule has 0 bridgehead atoms. The Balaban J connectivity index is 0.00000147. The molecule has 1 aromatic rings. The Bertz CT molecular complexity index is 481. The third-order valence-electron chi connectivity index (χ3n) is 4.42. The summed E-state index contributed by atoms with van der Waals surface area (Å²) in [5, 5.41) is 4.04. The van der Waals surface area contributed by atoms with Crippen LogP contribution in [-0.4, -0.2) is 25.5 Å². The fourth-order valence-electron chi connectivity index (χ4n) is 3.33. The number of piperidine rings is 2. The SMILES string of the molecule is Cl.O=C1N(c2cccc(Cl)c2)CCCC12CCNCC2. The third kappa shape index (κ3) is 2.80. The van der Waals surface area contributed by atoms with Crippen molar-refractivity contribution < 1.29 is 4.79 Å². The summed E-state index contributed by atoms with van der Waals surface area (Å²) in [6.07, 6.45) is 4.04. The number of halogens is 2. The number of hydrogen-bond acceptors (Lipinski definition) is 2. The van der Waals surface area contributed by atoms with Gasteiger partial charge in [-0.3, -0.25) is 4.79 Å². The molecule has 20 heavy (non-hydrogen) atoms. The first kappa shape index (κ1) is 15.6. The van der Waals surface area contributed by atoms with Crippen molar-refractivity contribution in [3.63, 3.8) is 0 Å². The lowest BCUT2D eigenvalue weighted by Crippen LogP contribution is -2.53. The van der Waals surface area contributed by atoms with Crippen molar-refractivity contribution in [1.82, 2.24) is 5.32 Å². The Kier molecular flexibility index (Phi) is 4.95. The van der Waals surface area contributed by atoms with Crippen molar-refractivity contribution in [1.29, 1.82) is 0 Å². The van der Waals surface area contributed by atoms with Crippen LogP contribution in [0.25, 0.3) is 0 Å². The minimum absolute atomic E-state index is 0. The van der Waals surface area contributed by atoms with Crippen LogP contribution in [0, 0.1) is 5.41 Å². The first-order valence-corrected chi connectivity index (χ1v) is 7.37. The predicted molar refractivity (Wildman–Crippen MR) is 84.8 cm³/mol. The molecule has 0 radical (unpaired) electrons. The maximum atomic E-state index is 12.9. The fourth-order valence-corrected chi connectivity index (χ4v) is 3.51. The molecule has 5 heteroatoms. The van der Waals surface area contributed by atoms with E-state index >= 15 is 0 Å². The zero-order chi connectivity index (χ0) is 13.3. The standard InChI is InChI=1S/C15H19ClN2O.ClH/c16-12-3-1-4-13(11-12)18-10-2-5-15(14(18)19)6-8-17-9-7-15;/h1,3-4,11,17H,2,5-10H2;1H. The molecule has 0 aromatic heterocycles. The lowest BCUT2D eigenvalue weighted by Gasteiger charge is -2.44. The fraction of sp³-hybridized carbons (Fsp3) is 0.533. The van der Waals surface area contributed by atoms with E-state index < -0.39 is 0 Å². The van der Waals surface area contributed by atoms with Gasteiger partial charge in [0.25, 0.3) is 0 Å².